The van der Waals surface area contributed by atoms with Gasteiger partial charge in [0.1, 0.15) is 0 Å². The molecule has 1 amide bonds. The van der Waals surface area contributed by atoms with E-state index in [-0.39, 0.29) is 17.3 Å². The first-order valence-corrected chi connectivity index (χ1v) is 8.27. The molecule has 5 heteroatoms. The van der Waals surface area contributed by atoms with Crippen LogP contribution >= 0.6 is 50.1 Å². The van der Waals surface area contributed by atoms with Gasteiger partial charge in [0, 0.05) is 19.5 Å². The molecule has 2 rings (SSSR count). The summed E-state index contributed by atoms with van der Waals surface area (Å²) in [5, 5.41) is 3.37. The van der Waals surface area contributed by atoms with E-state index in [4.69, 9.17) is 11.6 Å². The molecule has 98 valence electrons. The number of benzene rings is 1. The van der Waals surface area contributed by atoms with Crippen molar-refractivity contribution >= 4 is 56.0 Å². The fourth-order valence-corrected chi connectivity index (χ4v) is 3.30. The second-order valence-electron chi connectivity index (χ2n) is 4.55. The molecule has 1 aliphatic carbocycles. The van der Waals surface area contributed by atoms with Crippen LogP contribution in [0, 0.1) is 3.57 Å². The van der Waals surface area contributed by atoms with Gasteiger partial charge in [0.2, 0.25) is 0 Å². The molecule has 1 aliphatic rings. The van der Waals surface area contributed by atoms with Crippen LogP contribution < -0.4 is 5.32 Å². The molecule has 0 saturated heterocycles. The van der Waals surface area contributed by atoms with Gasteiger partial charge in [-0.05, 0) is 82.4 Å². The van der Waals surface area contributed by atoms with Crippen molar-refractivity contribution in [1.82, 2.24) is 5.32 Å². The minimum absolute atomic E-state index is 0.00147. The lowest BCUT2D eigenvalue weighted by molar-refractivity contribution is 0.0927. The maximum Gasteiger partial charge on any atom is 0.252 e. The summed E-state index contributed by atoms with van der Waals surface area (Å²) in [7, 11) is 0. The van der Waals surface area contributed by atoms with E-state index in [1.807, 2.05) is 18.2 Å². The Balaban J connectivity index is 2.01. The van der Waals surface area contributed by atoms with Gasteiger partial charge in [0.15, 0.2) is 0 Å². The van der Waals surface area contributed by atoms with E-state index in [1.165, 1.54) is 0 Å². The molecule has 1 saturated carbocycles. The Hall–Kier alpha value is 0.190. The fraction of sp³-hybridized carbons (Fsp3) is 0.462. The highest BCUT2D eigenvalue weighted by molar-refractivity contribution is 14.1. The molecule has 0 aliphatic heterocycles. The molecule has 0 heterocycles. The molecule has 1 fully saturated rings. The second-order valence-corrected chi connectivity index (χ2v) is 7.26. The van der Waals surface area contributed by atoms with Crippen molar-refractivity contribution in [3.05, 3.63) is 31.8 Å². The monoisotopic (exact) mass is 441 g/mol. The summed E-state index contributed by atoms with van der Waals surface area (Å²) >= 11 is 11.7. The van der Waals surface area contributed by atoms with E-state index < -0.39 is 0 Å². The Kier molecular flexibility index (Phi) is 5.33. The topological polar surface area (TPSA) is 29.1 Å². The smallest absolute Gasteiger partial charge is 0.252 e. The van der Waals surface area contributed by atoms with E-state index in [9.17, 15) is 4.79 Å². The maximum absolute atomic E-state index is 12.2. The van der Waals surface area contributed by atoms with E-state index >= 15 is 0 Å². The summed E-state index contributed by atoms with van der Waals surface area (Å²) in [4.78, 5) is 12.2. The van der Waals surface area contributed by atoms with Crippen molar-refractivity contribution in [1.29, 1.82) is 0 Å². The Morgan fingerprint density at radius 2 is 2.00 bits per heavy atom. The predicted molar refractivity (Wildman–Crippen MR) is 86.2 cm³/mol. The minimum atomic E-state index is -0.00147. The summed E-state index contributed by atoms with van der Waals surface area (Å²) in [5.41, 5.74) is 0.704. The van der Waals surface area contributed by atoms with Crippen LogP contribution in [0.15, 0.2) is 22.7 Å². The van der Waals surface area contributed by atoms with E-state index in [0.29, 0.717) is 5.56 Å². The van der Waals surface area contributed by atoms with Crippen LogP contribution in [0.25, 0.3) is 0 Å². The number of hydrogen-bond donors (Lipinski definition) is 1. The van der Waals surface area contributed by atoms with Gasteiger partial charge in [0.25, 0.3) is 5.91 Å². The summed E-state index contributed by atoms with van der Waals surface area (Å²) in [6.45, 7) is 0. The van der Waals surface area contributed by atoms with Gasteiger partial charge in [-0.3, -0.25) is 4.79 Å². The second kappa shape index (κ2) is 6.57. The molecule has 18 heavy (non-hydrogen) atoms. The Morgan fingerprint density at radius 3 is 2.67 bits per heavy atom. The molecule has 0 aromatic heterocycles. The third-order valence-corrected chi connectivity index (χ3v) is 4.96. The van der Waals surface area contributed by atoms with Crippen molar-refractivity contribution in [2.75, 3.05) is 0 Å². The van der Waals surface area contributed by atoms with Gasteiger partial charge in [-0.15, -0.1) is 11.6 Å². The minimum Gasteiger partial charge on any atom is -0.349 e. The molecule has 0 bridgehead atoms. The quantitative estimate of drug-likeness (QED) is 0.536. The first-order valence-electron chi connectivity index (χ1n) is 5.96. The van der Waals surface area contributed by atoms with Crippen LogP contribution in [0.5, 0.6) is 0 Å². The number of nitrogens with one attached hydrogen (secondary N) is 1. The number of rotatable bonds is 2. The largest absolute Gasteiger partial charge is 0.349 e. The van der Waals surface area contributed by atoms with Crippen LogP contribution in [-0.4, -0.2) is 17.3 Å². The Labute approximate surface area is 134 Å². The Bertz CT molecular complexity index is 447. The van der Waals surface area contributed by atoms with Gasteiger partial charge in [-0.1, -0.05) is 0 Å². The van der Waals surface area contributed by atoms with Crippen LogP contribution in [-0.2, 0) is 0 Å². The zero-order chi connectivity index (χ0) is 13.1. The number of amides is 1. The van der Waals surface area contributed by atoms with Gasteiger partial charge >= 0.3 is 0 Å². The summed E-state index contributed by atoms with van der Waals surface area (Å²) in [6, 6.07) is 6.04. The van der Waals surface area contributed by atoms with Crippen LogP contribution in [0.1, 0.15) is 36.0 Å². The summed E-state index contributed by atoms with van der Waals surface area (Å²) in [6.07, 6.45) is 3.92. The van der Waals surface area contributed by atoms with Crippen LogP contribution in [0.2, 0.25) is 0 Å². The first kappa shape index (κ1) is 14.6. The van der Waals surface area contributed by atoms with Crippen molar-refractivity contribution < 1.29 is 4.79 Å². The standard InChI is InChI=1S/C13H14BrClINO/c14-12-6-3-9(16)7-11(12)13(18)17-10-4-1-8(15)2-5-10/h3,6-8,10H,1-2,4-5H2,(H,17,18). The molecule has 1 aromatic rings. The van der Waals surface area contributed by atoms with Crippen LogP contribution in [0.4, 0.5) is 0 Å². The third-order valence-electron chi connectivity index (χ3n) is 3.16. The maximum atomic E-state index is 12.2. The lowest BCUT2D eigenvalue weighted by Gasteiger charge is -2.26. The fourth-order valence-electron chi connectivity index (χ4n) is 2.13. The number of halogens is 3. The summed E-state index contributed by atoms with van der Waals surface area (Å²) < 4.78 is 1.90. The number of carbonyl (C=O) groups is 1. The molecule has 0 radical (unpaired) electrons. The Morgan fingerprint density at radius 1 is 1.33 bits per heavy atom. The van der Waals surface area contributed by atoms with Gasteiger partial charge < -0.3 is 5.32 Å². The van der Waals surface area contributed by atoms with E-state index in [0.717, 1.165) is 33.7 Å². The summed E-state index contributed by atoms with van der Waals surface area (Å²) in [5.74, 6) is -0.00147. The molecular weight excluding hydrogens is 428 g/mol. The normalized spacial score (nSPS) is 23.7. The van der Waals surface area contributed by atoms with E-state index in [1.54, 1.807) is 0 Å². The number of hydrogen-bond acceptors (Lipinski definition) is 1. The van der Waals surface area contributed by atoms with Crippen molar-refractivity contribution in [3.8, 4) is 0 Å². The molecule has 0 atom stereocenters. The molecule has 1 N–H and O–H groups in total. The average molecular weight is 443 g/mol. The highest BCUT2D eigenvalue weighted by Crippen LogP contribution is 2.24. The first-order chi connectivity index (χ1) is 8.56. The SMILES string of the molecule is O=C(NC1CCC(Cl)CC1)c1cc(I)ccc1Br. The van der Waals surface area contributed by atoms with E-state index in [2.05, 4.69) is 43.8 Å². The highest BCUT2D eigenvalue weighted by Gasteiger charge is 2.22. The molecule has 0 spiro atoms. The predicted octanol–water partition coefficient (Wildman–Crippen LogP) is 4.33. The third kappa shape index (κ3) is 3.84. The number of alkyl halides is 1. The highest BCUT2D eigenvalue weighted by atomic mass is 127. The van der Waals surface area contributed by atoms with Crippen molar-refractivity contribution in [2.24, 2.45) is 0 Å². The molecule has 1 aromatic carbocycles. The molecule has 2 nitrogen and oxygen atoms in total. The van der Waals surface area contributed by atoms with Gasteiger partial charge in [-0.25, -0.2) is 0 Å². The van der Waals surface area contributed by atoms with Gasteiger partial charge in [0.05, 0.1) is 5.56 Å². The van der Waals surface area contributed by atoms with Gasteiger partial charge in [-0.2, -0.15) is 0 Å². The van der Waals surface area contributed by atoms with Crippen molar-refractivity contribution in [3.63, 3.8) is 0 Å². The van der Waals surface area contributed by atoms with Crippen molar-refractivity contribution in [2.45, 2.75) is 37.1 Å². The lowest BCUT2D eigenvalue weighted by atomic mass is 9.95. The zero-order valence-electron chi connectivity index (χ0n) is 9.76. The number of carbonyl (C=O) groups excluding carboxylic acids is 1. The zero-order valence-corrected chi connectivity index (χ0v) is 14.3. The lowest BCUT2D eigenvalue weighted by Crippen LogP contribution is -2.38. The average Bonchev–Trinajstić information content (AvgIpc) is 2.35. The van der Waals surface area contributed by atoms with Crippen LogP contribution in [0.3, 0.4) is 0 Å². The molecular formula is C13H14BrClINO. The molecule has 0 unspecified atom stereocenters.